The molecule has 0 saturated carbocycles. The summed E-state index contributed by atoms with van der Waals surface area (Å²) < 4.78 is 0. The van der Waals surface area contributed by atoms with Gasteiger partial charge in [-0.05, 0) is 12.5 Å². The molecule has 0 amide bonds. The second-order valence-electron chi connectivity index (χ2n) is 1.52. The van der Waals surface area contributed by atoms with Gasteiger partial charge >= 0.3 is 0 Å². The molecule has 0 spiro atoms. The molecule has 1 heteroatoms. The summed E-state index contributed by atoms with van der Waals surface area (Å²) in [7, 11) is 0. The topological polar surface area (TPSA) is 0 Å². The van der Waals surface area contributed by atoms with E-state index in [-0.39, 0.29) is 0 Å². The van der Waals surface area contributed by atoms with Crippen LogP contribution in [0.2, 0.25) is 0 Å². The van der Waals surface area contributed by atoms with E-state index in [4.69, 9.17) is 12.2 Å². The van der Waals surface area contributed by atoms with Crippen molar-refractivity contribution >= 4 is 17.6 Å². The normalized spacial score (nSPS) is 11.9. The minimum Gasteiger partial charge on any atom is -0.0990 e. The molecule has 0 nitrogen and oxygen atoms in total. The average molecular weight is 138 g/mol. The van der Waals surface area contributed by atoms with Gasteiger partial charge in [-0.3, -0.25) is 0 Å². The Morgan fingerprint density at radius 3 is 2.56 bits per heavy atom. The summed E-state index contributed by atoms with van der Waals surface area (Å²) in [5.41, 5.74) is 1.02. The third-order valence-electron chi connectivity index (χ3n) is 0.806. The lowest BCUT2D eigenvalue weighted by Gasteiger charge is -1.84. The molecule has 48 valence electrons. The van der Waals surface area contributed by atoms with Crippen molar-refractivity contribution in [1.82, 2.24) is 0 Å². The van der Waals surface area contributed by atoms with E-state index in [2.05, 4.69) is 6.58 Å². The number of thiocarbonyl (C=S) groups is 1. The first-order valence-electron chi connectivity index (χ1n) is 2.75. The van der Waals surface area contributed by atoms with E-state index >= 15 is 0 Å². The van der Waals surface area contributed by atoms with Crippen LogP contribution in [-0.4, -0.2) is 5.37 Å². The number of rotatable bonds is 3. The first-order chi connectivity index (χ1) is 4.35. The molecule has 0 N–H and O–H groups in total. The van der Waals surface area contributed by atoms with E-state index < -0.39 is 0 Å². The van der Waals surface area contributed by atoms with Crippen LogP contribution in [0, 0.1) is 0 Å². The lowest BCUT2D eigenvalue weighted by molar-refractivity contribution is 1.70. The van der Waals surface area contributed by atoms with Gasteiger partial charge in [0.2, 0.25) is 0 Å². The standard InChI is InChI=1S/C8H10S/c1-3-5-8(7-9)6-4-2/h3-7H,1H2,2H3/b6-4-,8-5+. The van der Waals surface area contributed by atoms with Crippen LogP contribution < -0.4 is 0 Å². The third kappa shape index (κ3) is 3.86. The van der Waals surface area contributed by atoms with Crippen LogP contribution in [-0.2, 0) is 0 Å². The summed E-state index contributed by atoms with van der Waals surface area (Å²) in [5.74, 6) is 0. The van der Waals surface area contributed by atoms with E-state index in [0.717, 1.165) is 5.57 Å². The van der Waals surface area contributed by atoms with Gasteiger partial charge in [0.25, 0.3) is 0 Å². The van der Waals surface area contributed by atoms with Crippen LogP contribution in [0.5, 0.6) is 0 Å². The summed E-state index contributed by atoms with van der Waals surface area (Å²) in [6.45, 7) is 5.51. The Morgan fingerprint density at radius 1 is 1.56 bits per heavy atom. The van der Waals surface area contributed by atoms with Crippen molar-refractivity contribution in [2.75, 3.05) is 0 Å². The van der Waals surface area contributed by atoms with Gasteiger partial charge in [0, 0.05) is 5.37 Å². The first kappa shape index (κ1) is 8.31. The lowest BCUT2D eigenvalue weighted by atomic mass is 10.2. The zero-order chi connectivity index (χ0) is 7.11. The van der Waals surface area contributed by atoms with Crippen molar-refractivity contribution < 1.29 is 0 Å². The minimum atomic E-state index is 1.02. The second-order valence-corrected chi connectivity index (χ2v) is 1.76. The summed E-state index contributed by atoms with van der Waals surface area (Å²) in [4.78, 5) is 0. The van der Waals surface area contributed by atoms with Crippen LogP contribution in [0.3, 0.4) is 0 Å². The fraction of sp³-hybridized carbons (Fsp3) is 0.125. The molecular formula is C8H10S. The molecule has 0 heterocycles. The van der Waals surface area contributed by atoms with Crippen LogP contribution >= 0.6 is 12.2 Å². The zero-order valence-electron chi connectivity index (χ0n) is 5.50. The zero-order valence-corrected chi connectivity index (χ0v) is 6.32. The molecule has 0 atom stereocenters. The van der Waals surface area contributed by atoms with Gasteiger partial charge in [0.05, 0.1) is 0 Å². The van der Waals surface area contributed by atoms with E-state index in [1.54, 1.807) is 11.4 Å². The molecule has 0 aliphatic rings. The van der Waals surface area contributed by atoms with Crippen molar-refractivity contribution in [1.29, 1.82) is 0 Å². The summed E-state index contributed by atoms with van der Waals surface area (Å²) in [6, 6.07) is 0. The van der Waals surface area contributed by atoms with E-state index in [1.165, 1.54) is 0 Å². The van der Waals surface area contributed by atoms with Gasteiger partial charge < -0.3 is 0 Å². The Hall–Kier alpha value is -0.690. The van der Waals surface area contributed by atoms with E-state index in [0.29, 0.717) is 0 Å². The van der Waals surface area contributed by atoms with Gasteiger partial charge in [0.1, 0.15) is 0 Å². The monoisotopic (exact) mass is 138 g/mol. The van der Waals surface area contributed by atoms with Crippen LogP contribution in [0.25, 0.3) is 0 Å². The van der Waals surface area contributed by atoms with Crippen molar-refractivity contribution in [3.8, 4) is 0 Å². The van der Waals surface area contributed by atoms with E-state index in [9.17, 15) is 0 Å². The maximum atomic E-state index is 4.71. The van der Waals surface area contributed by atoms with E-state index in [1.807, 2.05) is 25.2 Å². The molecule has 0 aromatic carbocycles. The Bertz CT molecular complexity index is 152. The molecule has 0 bridgehead atoms. The summed E-state index contributed by atoms with van der Waals surface area (Å²) in [5, 5.41) is 1.63. The largest absolute Gasteiger partial charge is 0.0990 e. The predicted octanol–water partition coefficient (Wildman–Crippen LogP) is 2.67. The second kappa shape index (κ2) is 5.45. The molecule has 0 fully saturated rings. The quantitative estimate of drug-likeness (QED) is 0.328. The first-order valence-corrected chi connectivity index (χ1v) is 3.23. The van der Waals surface area contributed by atoms with Crippen molar-refractivity contribution in [3.63, 3.8) is 0 Å². The highest BCUT2D eigenvalue weighted by Crippen LogP contribution is 1.92. The van der Waals surface area contributed by atoms with Gasteiger partial charge in [-0.25, -0.2) is 0 Å². The van der Waals surface area contributed by atoms with Crippen molar-refractivity contribution in [2.45, 2.75) is 6.92 Å². The van der Waals surface area contributed by atoms with Gasteiger partial charge in [-0.1, -0.05) is 43.1 Å². The fourth-order valence-corrected chi connectivity index (χ4v) is 0.620. The van der Waals surface area contributed by atoms with Crippen LogP contribution in [0.4, 0.5) is 0 Å². The average Bonchev–Trinajstić information content (AvgIpc) is 1.88. The molecule has 0 radical (unpaired) electrons. The molecule has 0 rings (SSSR count). The smallest absolute Gasteiger partial charge is 0.00859 e. The fourth-order valence-electron chi connectivity index (χ4n) is 0.463. The highest BCUT2D eigenvalue weighted by atomic mass is 32.1. The lowest BCUT2D eigenvalue weighted by Crippen LogP contribution is -1.72. The van der Waals surface area contributed by atoms with Gasteiger partial charge in [-0.2, -0.15) is 0 Å². The number of hydrogen-bond acceptors (Lipinski definition) is 1. The Kier molecular flexibility index (Phi) is 5.03. The molecule has 0 aliphatic carbocycles. The Balaban J connectivity index is 4.13. The number of hydrogen-bond donors (Lipinski definition) is 0. The molecule has 0 aromatic heterocycles. The summed E-state index contributed by atoms with van der Waals surface area (Å²) >= 11 is 4.71. The maximum Gasteiger partial charge on any atom is 0.00859 e. The van der Waals surface area contributed by atoms with Gasteiger partial charge in [-0.15, -0.1) is 0 Å². The van der Waals surface area contributed by atoms with Crippen molar-refractivity contribution in [2.24, 2.45) is 0 Å². The van der Waals surface area contributed by atoms with Crippen LogP contribution in [0.15, 0.2) is 36.5 Å². The molecule has 0 aromatic rings. The SMILES string of the molecule is C=C/C=C(C=S)\C=C/C. The number of allylic oxidation sites excluding steroid dienone is 5. The van der Waals surface area contributed by atoms with Gasteiger partial charge in [0.15, 0.2) is 0 Å². The molecule has 0 aliphatic heterocycles. The maximum absolute atomic E-state index is 4.71. The van der Waals surface area contributed by atoms with Crippen molar-refractivity contribution in [3.05, 3.63) is 36.5 Å². The van der Waals surface area contributed by atoms with Crippen LogP contribution in [0.1, 0.15) is 6.92 Å². The predicted molar refractivity (Wildman–Crippen MR) is 46.7 cm³/mol. The molecular weight excluding hydrogens is 128 g/mol. The third-order valence-corrected chi connectivity index (χ3v) is 1.08. The highest BCUT2D eigenvalue weighted by Gasteiger charge is 1.77. The Morgan fingerprint density at radius 2 is 2.22 bits per heavy atom. The molecule has 9 heavy (non-hydrogen) atoms. The Labute approximate surface area is 61.6 Å². The molecule has 0 unspecified atom stereocenters. The molecule has 0 saturated heterocycles. The minimum absolute atomic E-state index is 1.02. The highest BCUT2D eigenvalue weighted by molar-refractivity contribution is 7.79. The summed E-state index contributed by atoms with van der Waals surface area (Å²) in [6.07, 6.45) is 7.47.